The van der Waals surface area contributed by atoms with Gasteiger partial charge in [0.25, 0.3) is 0 Å². The van der Waals surface area contributed by atoms with Crippen LogP contribution in [0.2, 0.25) is 0 Å². The van der Waals surface area contributed by atoms with Crippen molar-refractivity contribution in [3.05, 3.63) is 87.6 Å². The van der Waals surface area contributed by atoms with Crippen molar-refractivity contribution in [2.45, 2.75) is 25.9 Å². The lowest BCUT2D eigenvalue weighted by molar-refractivity contribution is -0.139. The molecule has 0 radical (unpaired) electrons. The zero-order valence-electron chi connectivity index (χ0n) is 16.9. The van der Waals surface area contributed by atoms with E-state index in [-0.39, 0.29) is 6.04 Å². The first-order valence-corrected chi connectivity index (χ1v) is 11.0. The predicted octanol–water partition coefficient (Wildman–Crippen LogP) is 3.59. The van der Waals surface area contributed by atoms with Gasteiger partial charge < -0.3 is 15.5 Å². The van der Waals surface area contributed by atoms with E-state index in [1.165, 1.54) is 16.1 Å². The molecule has 0 saturated carbocycles. The first-order valence-electron chi connectivity index (χ1n) is 10.1. The van der Waals surface area contributed by atoms with E-state index in [1.54, 1.807) is 11.3 Å². The van der Waals surface area contributed by atoms with Gasteiger partial charge in [0.05, 0.1) is 6.04 Å². The van der Waals surface area contributed by atoms with E-state index in [0.717, 1.165) is 24.1 Å². The summed E-state index contributed by atoms with van der Waals surface area (Å²) in [5, 5.41) is 7.58. The summed E-state index contributed by atoms with van der Waals surface area (Å²) < 4.78 is 0. The minimum absolute atomic E-state index is 0.00231. The highest BCUT2D eigenvalue weighted by atomic mass is 32.1. The van der Waals surface area contributed by atoms with Crippen LogP contribution in [0.15, 0.2) is 66.0 Å². The Labute approximate surface area is 180 Å². The first kappa shape index (κ1) is 20.2. The molecule has 2 N–H and O–H groups in total. The van der Waals surface area contributed by atoms with Crippen LogP contribution in [0.25, 0.3) is 0 Å². The summed E-state index contributed by atoms with van der Waals surface area (Å²) in [4.78, 5) is 28.2. The number of nitrogens with zero attached hydrogens (tertiary/aromatic N) is 1. The molecule has 4 rings (SSSR count). The van der Waals surface area contributed by atoms with Crippen molar-refractivity contribution in [3.8, 4) is 0 Å². The minimum Gasteiger partial charge on any atom is -0.361 e. The van der Waals surface area contributed by atoms with Gasteiger partial charge in [0, 0.05) is 30.2 Å². The lowest BCUT2D eigenvalue weighted by Gasteiger charge is -2.30. The average Bonchev–Trinajstić information content (AvgIpc) is 3.44. The Morgan fingerprint density at radius 1 is 1.00 bits per heavy atom. The fourth-order valence-corrected chi connectivity index (χ4v) is 4.61. The molecular formula is C24H25N3O2S. The predicted molar refractivity (Wildman–Crippen MR) is 121 cm³/mol. The first-order chi connectivity index (χ1) is 14.6. The fraction of sp³-hybridized carbons (Fsp3) is 0.250. The van der Waals surface area contributed by atoms with Crippen molar-refractivity contribution in [2.75, 3.05) is 18.0 Å². The maximum absolute atomic E-state index is 12.4. The number of fused-ring (bicyclic) bond motifs is 1. The minimum atomic E-state index is -0.609. The number of thiophene rings is 1. The van der Waals surface area contributed by atoms with Gasteiger partial charge in [0.15, 0.2) is 0 Å². The van der Waals surface area contributed by atoms with Gasteiger partial charge in [-0.1, -0.05) is 54.1 Å². The Hall–Kier alpha value is -3.12. The van der Waals surface area contributed by atoms with E-state index < -0.39 is 11.8 Å². The van der Waals surface area contributed by atoms with E-state index in [0.29, 0.717) is 13.1 Å². The SMILES string of the molecule is Cc1ccc(CNC(=O)C(=O)NCC(c2cccs2)N2CCc3ccccc32)cc1. The van der Waals surface area contributed by atoms with Gasteiger partial charge in [-0.3, -0.25) is 9.59 Å². The maximum atomic E-state index is 12.4. The summed E-state index contributed by atoms with van der Waals surface area (Å²) >= 11 is 1.67. The highest BCUT2D eigenvalue weighted by Gasteiger charge is 2.28. The van der Waals surface area contributed by atoms with Crippen LogP contribution in [-0.2, 0) is 22.6 Å². The van der Waals surface area contributed by atoms with Crippen LogP contribution in [0, 0.1) is 6.92 Å². The third-order valence-corrected chi connectivity index (χ3v) is 6.38. The van der Waals surface area contributed by atoms with E-state index in [2.05, 4.69) is 39.8 Å². The number of carbonyl (C=O) groups excluding carboxylic acids is 2. The van der Waals surface area contributed by atoms with Crippen LogP contribution in [0.3, 0.4) is 0 Å². The van der Waals surface area contributed by atoms with Gasteiger partial charge in [-0.2, -0.15) is 0 Å². The molecule has 30 heavy (non-hydrogen) atoms. The van der Waals surface area contributed by atoms with Gasteiger partial charge in [-0.05, 0) is 42.0 Å². The summed E-state index contributed by atoms with van der Waals surface area (Å²) in [6, 6.07) is 20.4. The maximum Gasteiger partial charge on any atom is 0.309 e. The van der Waals surface area contributed by atoms with Crippen LogP contribution in [0.4, 0.5) is 5.69 Å². The molecule has 0 saturated heterocycles. The Kier molecular flexibility index (Phi) is 6.14. The van der Waals surface area contributed by atoms with Gasteiger partial charge >= 0.3 is 11.8 Å². The van der Waals surface area contributed by atoms with Crippen molar-refractivity contribution in [1.29, 1.82) is 0 Å². The van der Waals surface area contributed by atoms with Crippen LogP contribution in [-0.4, -0.2) is 24.9 Å². The van der Waals surface area contributed by atoms with Crippen molar-refractivity contribution in [3.63, 3.8) is 0 Å². The number of anilines is 1. The van der Waals surface area contributed by atoms with E-state index >= 15 is 0 Å². The van der Waals surface area contributed by atoms with E-state index in [1.807, 2.05) is 48.7 Å². The molecule has 0 bridgehead atoms. The van der Waals surface area contributed by atoms with Gasteiger partial charge in [-0.15, -0.1) is 11.3 Å². The number of rotatable bonds is 6. The second kappa shape index (κ2) is 9.13. The topological polar surface area (TPSA) is 61.4 Å². The number of nitrogens with one attached hydrogen (secondary N) is 2. The molecular weight excluding hydrogens is 394 g/mol. The zero-order valence-corrected chi connectivity index (χ0v) is 17.7. The molecule has 0 spiro atoms. The summed E-state index contributed by atoms with van der Waals surface area (Å²) in [6.45, 7) is 3.63. The Morgan fingerprint density at radius 2 is 1.77 bits per heavy atom. The summed E-state index contributed by atoms with van der Waals surface area (Å²) in [6.07, 6.45) is 0.989. The molecule has 1 aliphatic rings. The van der Waals surface area contributed by atoms with Crippen molar-refractivity contribution < 1.29 is 9.59 Å². The number of para-hydroxylation sites is 1. The van der Waals surface area contributed by atoms with Crippen LogP contribution < -0.4 is 15.5 Å². The lowest BCUT2D eigenvalue weighted by atomic mass is 10.1. The third kappa shape index (κ3) is 4.54. The number of carbonyl (C=O) groups is 2. The number of hydrogen-bond acceptors (Lipinski definition) is 4. The Morgan fingerprint density at radius 3 is 2.53 bits per heavy atom. The molecule has 2 amide bonds. The quantitative estimate of drug-likeness (QED) is 0.600. The Balaban J connectivity index is 1.38. The molecule has 1 unspecified atom stereocenters. The van der Waals surface area contributed by atoms with E-state index in [9.17, 15) is 9.59 Å². The molecule has 6 heteroatoms. The van der Waals surface area contributed by atoms with Crippen molar-refractivity contribution in [1.82, 2.24) is 10.6 Å². The molecule has 2 heterocycles. The standard InChI is InChI=1S/C24H25N3O2S/c1-17-8-10-18(11-9-17)15-25-23(28)24(29)26-16-21(22-7-4-14-30-22)27-13-12-19-5-2-3-6-20(19)27/h2-11,14,21H,12-13,15-16H2,1H3,(H,25,28)(H,26,29). The summed E-state index contributed by atoms with van der Waals surface area (Å²) in [5.41, 5.74) is 4.65. The van der Waals surface area contributed by atoms with Gasteiger partial charge in [0.2, 0.25) is 0 Å². The lowest BCUT2D eigenvalue weighted by Crippen LogP contribution is -2.43. The molecule has 0 aliphatic carbocycles. The molecule has 154 valence electrons. The van der Waals surface area contributed by atoms with Crippen LogP contribution >= 0.6 is 11.3 Å². The second-order valence-corrected chi connectivity index (χ2v) is 8.46. The number of aryl methyl sites for hydroxylation is 1. The normalized spacial score (nSPS) is 13.6. The summed E-state index contributed by atoms with van der Waals surface area (Å²) in [5.74, 6) is -1.21. The van der Waals surface area contributed by atoms with Crippen LogP contribution in [0.5, 0.6) is 0 Å². The molecule has 1 atom stereocenters. The molecule has 0 fully saturated rings. The third-order valence-electron chi connectivity index (χ3n) is 5.41. The number of amides is 2. The van der Waals surface area contributed by atoms with Gasteiger partial charge in [-0.25, -0.2) is 0 Å². The molecule has 1 aromatic heterocycles. The second-order valence-electron chi connectivity index (χ2n) is 7.48. The number of hydrogen-bond donors (Lipinski definition) is 2. The van der Waals surface area contributed by atoms with Crippen molar-refractivity contribution >= 4 is 28.8 Å². The van der Waals surface area contributed by atoms with Crippen LogP contribution in [0.1, 0.15) is 27.6 Å². The van der Waals surface area contributed by atoms with E-state index in [4.69, 9.17) is 0 Å². The molecule has 5 nitrogen and oxygen atoms in total. The number of benzene rings is 2. The zero-order chi connectivity index (χ0) is 20.9. The smallest absolute Gasteiger partial charge is 0.309 e. The molecule has 1 aliphatic heterocycles. The monoisotopic (exact) mass is 419 g/mol. The summed E-state index contributed by atoms with van der Waals surface area (Å²) in [7, 11) is 0. The average molecular weight is 420 g/mol. The Bertz CT molecular complexity index is 1020. The van der Waals surface area contributed by atoms with Gasteiger partial charge in [0.1, 0.15) is 0 Å². The highest BCUT2D eigenvalue weighted by molar-refractivity contribution is 7.10. The highest BCUT2D eigenvalue weighted by Crippen LogP contribution is 2.36. The molecule has 3 aromatic rings. The largest absolute Gasteiger partial charge is 0.361 e. The molecule has 2 aromatic carbocycles. The van der Waals surface area contributed by atoms with Crippen molar-refractivity contribution in [2.24, 2.45) is 0 Å². The fourth-order valence-electron chi connectivity index (χ4n) is 3.77.